The van der Waals surface area contributed by atoms with Crippen LogP contribution in [0.5, 0.6) is 0 Å². The minimum atomic E-state index is -0.564. The molecular weight excluding hydrogens is 260 g/mol. The average molecular weight is 271 g/mol. The zero-order valence-corrected chi connectivity index (χ0v) is 10.1. The molecule has 0 bridgehead atoms. The van der Waals surface area contributed by atoms with Crippen molar-refractivity contribution in [1.29, 1.82) is 0 Å². The fourth-order valence-electron chi connectivity index (χ4n) is 1.81. The normalized spacial score (nSPS) is 15.3. The van der Waals surface area contributed by atoms with E-state index in [1.54, 1.807) is 4.90 Å². The van der Waals surface area contributed by atoms with E-state index in [2.05, 4.69) is 0 Å². The first-order chi connectivity index (χ1) is 8.52. The number of benzene rings is 1. The topological polar surface area (TPSA) is 83.7 Å². The lowest BCUT2D eigenvalue weighted by atomic mass is 10.00. The molecule has 6 nitrogen and oxygen atoms in total. The molecular formula is C11H11ClN2O4. The minimum absolute atomic E-state index is 0.0533. The van der Waals surface area contributed by atoms with E-state index < -0.39 is 4.92 Å². The Morgan fingerprint density at radius 1 is 1.56 bits per heavy atom. The maximum absolute atomic E-state index is 12.0. The fourth-order valence-corrected chi connectivity index (χ4v) is 2.07. The fraction of sp³-hybridized carbons (Fsp3) is 0.364. The van der Waals surface area contributed by atoms with Gasteiger partial charge in [-0.3, -0.25) is 14.9 Å². The molecule has 0 atom stereocenters. The summed E-state index contributed by atoms with van der Waals surface area (Å²) >= 11 is 5.86. The van der Waals surface area contributed by atoms with Crippen LogP contribution in [0.1, 0.15) is 10.4 Å². The second-order valence-electron chi connectivity index (χ2n) is 4.18. The Balaban J connectivity index is 2.14. The molecule has 1 aliphatic rings. The van der Waals surface area contributed by atoms with Gasteiger partial charge in [0.15, 0.2) is 0 Å². The van der Waals surface area contributed by atoms with Crippen LogP contribution in [0, 0.1) is 16.0 Å². The quantitative estimate of drug-likeness (QED) is 0.663. The Morgan fingerprint density at radius 3 is 2.72 bits per heavy atom. The van der Waals surface area contributed by atoms with Gasteiger partial charge in [-0.15, -0.1) is 0 Å². The van der Waals surface area contributed by atoms with Crippen molar-refractivity contribution in [3.8, 4) is 0 Å². The molecule has 0 radical (unpaired) electrons. The third-order valence-corrected chi connectivity index (χ3v) is 3.21. The number of amides is 1. The van der Waals surface area contributed by atoms with E-state index in [-0.39, 0.29) is 34.7 Å². The van der Waals surface area contributed by atoms with Crippen molar-refractivity contribution in [2.24, 2.45) is 5.92 Å². The number of carbonyl (C=O) groups is 1. The van der Waals surface area contributed by atoms with Crippen LogP contribution in [-0.2, 0) is 0 Å². The second kappa shape index (κ2) is 4.91. The van der Waals surface area contributed by atoms with Gasteiger partial charge in [0.2, 0.25) is 0 Å². The average Bonchev–Trinajstić information content (AvgIpc) is 2.27. The Morgan fingerprint density at radius 2 is 2.22 bits per heavy atom. The summed E-state index contributed by atoms with van der Waals surface area (Å²) in [5.41, 5.74) is 0.104. The Kier molecular flexibility index (Phi) is 3.49. The standard InChI is InChI=1S/C11H11ClN2O4/c12-10-3-8(14(17)18)1-2-9(10)11(16)13-4-7(5-13)6-15/h1-3,7,15H,4-6H2. The van der Waals surface area contributed by atoms with Gasteiger partial charge in [0.25, 0.3) is 11.6 Å². The maximum atomic E-state index is 12.0. The van der Waals surface area contributed by atoms with Gasteiger partial charge in [-0.05, 0) is 6.07 Å². The summed E-state index contributed by atoms with van der Waals surface area (Å²) < 4.78 is 0. The number of aliphatic hydroxyl groups is 1. The molecule has 0 aromatic heterocycles. The predicted octanol–water partition coefficient (Wildman–Crippen LogP) is 1.31. The molecule has 1 fully saturated rings. The minimum Gasteiger partial charge on any atom is -0.396 e. The summed E-state index contributed by atoms with van der Waals surface area (Å²) in [6.07, 6.45) is 0. The molecule has 0 unspecified atom stereocenters. The molecule has 0 spiro atoms. The lowest BCUT2D eigenvalue weighted by Crippen LogP contribution is -2.51. The molecule has 1 heterocycles. The summed E-state index contributed by atoms with van der Waals surface area (Å²) in [6.45, 7) is 1.03. The Bertz CT molecular complexity index is 500. The van der Waals surface area contributed by atoms with Crippen LogP contribution in [0.4, 0.5) is 5.69 Å². The number of hydrogen-bond acceptors (Lipinski definition) is 4. The number of rotatable bonds is 3. The van der Waals surface area contributed by atoms with Crippen molar-refractivity contribution < 1.29 is 14.8 Å². The van der Waals surface area contributed by atoms with E-state index in [1.165, 1.54) is 12.1 Å². The van der Waals surface area contributed by atoms with Gasteiger partial charge in [0.1, 0.15) is 0 Å². The number of aliphatic hydroxyl groups excluding tert-OH is 1. The predicted molar refractivity (Wildman–Crippen MR) is 64.6 cm³/mol. The van der Waals surface area contributed by atoms with Crippen molar-refractivity contribution in [2.75, 3.05) is 19.7 Å². The lowest BCUT2D eigenvalue weighted by molar-refractivity contribution is -0.384. The first-order valence-electron chi connectivity index (χ1n) is 5.37. The van der Waals surface area contributed by atoms with Crippen LogP contribution >= 0.6 is 11.6 Å². The van der Waals surface area contributed by atoms with Gasteiger partial charge in [-0.25, -0.2) is 0 Å². The summed E-state index contributed by atoms with van der Waals surface area (Å²) in [5.74, 6) is -0.148. The Labute approximate surface area is 108 Å². The van der Waals surface area contributed by atoms with Crippen molar-refractivity contribution in [3.63, 3.8) is 0 Å². The summed E-state index contributed by atoms with van der Waals surface area (Å²) in [5, 5.41) is 19.5. The highest BCUT2D eigenvalue weighted by molar-refractivity contribution is 6.34. The van der Waals surface area contributed by atoms with Crippen molar-refractivity contribution in [1.82, 2.24) is 4.90 Å². The van der Waals surface area contributed by atoms with E-state index >= 15 is 0 Å². The molecule has 0 saturated carbocycles. The monoisotopic (exact) mass is 270 g/mol. The van der Waals surface area contributed by atoms with Gasteiger partial charge in [-0.2, -0.15) is 0 Å². The summed E-state index contributed by atoms with van der Waals surface area (Å²) in [7, 11) is 0. The number of nitrogens with zero attached hydrogens (tertiary/aromatic N) is 2. The van der Waals surface area contributed by atoms with E-state index in [0.29, 0.717) is 13.1 Å². The van der Waals surface area contributed by atoms with Crippen LogP contribution in [0.3, 0.4) is 0 Å². The molecule has 96 valence electrons. The smallest absolute Gasteiger partial charge is 0.270 e. The van der Waals surface area contributed by atoms with E-state index in [9.17, 15) is 14.9 Å². The van der Waals surface area contributed by atoms with Crippen LogP contribution in [-0.4, -0.2) is 40.5 Å². The molecule has 1 aromatic carbocycles. The molecule has 0 aliphatic carbocycles. The maximum Gasteiger partial charge on any atom is 0.270 e. The zero-order valence-electron chi connectivity index (χ0n) is 9.38. The van der Waals surface area contributed by atoms with E-state index in [0.717, 1.165) is 6.07 Å². The van der Waals surface area contributed by atoms with Gasteiger partial charge in [-0.1, -0.05) is 11.6 Å². The number of carbonyl (C=O) groups excluding carboxylic acids is 1. The molecule has 18 heavy (non-hydrogen) atoms. The first-order valence-corrected chi connectivity index (χ1v) is 5.74. The second-order valence-corrected chi connectivity index (χ2v) is 4.59. The van der Waals surface area contributed by atoms with Crippen molar-refractivity contribution in [2.45, 2.75) is 0 Å². The molecule has 1 aromatic rings. The molecule has 1 saturated heterocycles. The number of non-ortho nitro benzene ring substituents is 1. The SMILES string of the molecule is O=C(c1ccc([N+](=O)[O-])cc1Cl)N1CC(CO)C1. The third kappa shape index (κ3) is 2.30. The first kappa shape index (κ1) is 12.8. The molecule has 7 heteroatoms. The lowest BCUT2D eigenvalue weighted by Gasteiger charge is -2.38. The zero-order chi connectivity index (χ0) is 13.3. The largest absolute Gasteiger partial charge is 0.396 e. The van der Waals surface area contributed by atoms with Crippen molar-refractivity contribution in [3.05, 3.63) is 38.9 Å². The van der Waals surface area contributed by atoms with Gasteiger partial charge in [0.05, 0.1) is 15.5 Å². The van der Waals surface area contributed by atoms with Crippen LogP contribution in [0.2, 0.25) is 5.02 Å². The van der Waals surface area contributed by atoms with Crippen molar-refractivity contribution >= 4 is 23.2 Å². The van der Waals surface area contributed by atoms with Gasteiger partial charge in [0, 0.05) is 37.7 Å². The highest BCUT2D eigenvalue weighted by Gasteiger charge is 2.31. The number of halogens is 1. The van der Waals surface area contributed by atoms with Crippen LogP contribution in [0.15, 0.2) is 18.2 Å². The van der Waals surface area contributed by atoms with Gasteiger partial charge >= 0.3 is 0 Å². The Hall–Kier alpha value is -1.66. The molecule has 2 rings (SSSR count). The number of nitro benzene ring substituents is 1. The van der Waals surface area contributed by atoms with Crippen LogP contribution in [0.25, 0.3) is 0 Å². The molecule has 1 aliphatic heterocycles. The van der Waals surface area contributed by atoms with E-state index in [4.69, 9.17) is 16.7 Å². The van der Waals surface area contributed by atoms with Crippen LogP contribution < -0.4 is 0 Å². The number of likely N-dealkylation sites (tertiary alicyclic amines) is 1. The highest BCUT2D eigenvalue weighted by atomic mass is 35.5. The number of hydrogen-bond donors (Lipinski definition) is 1. The third-order valence-electron chi connectivity index (χ3n) is 2.90. The van der Waals surface area contributed by atoms with Gasteiger partial charge < -0.3 is 10.0 Å². The molecule has 1 amide bonds. The molecule has 1 N–H and O–H groups in total. The number of nitro groups is 1. The highest BCUT2D eigenvalue weighted by Crippen LogP contribution is 2.26. The van der Waals surface area contributed by atoms with E-state index in [1.807, 2.05) is 0 Å². The summed E-state index contributed by atoms with van der Waals surface area (Å²) in [4.78, 5) is 23.5. The summed E-state index contributed by atoms with van der Waals surface area (Å²) in [6, 6.07) is 3.77.